The van der Waals surface area contributed by atoms with Crippen LogP contribution in [0.15, 0.2) is 24.3 Å². The first-order valence-electron chi connectivity index (χ1n) is 3.36. The Hall–Kier alpha value is -0.357. The number of halogens is 2. The largest absolute Gasteiger partial charge is 1.00 e. The molecule has 0 N–H and O–H groups in total. The van der Waals surface area contributed by atoms with Crippen molar-refractivity contribution < 1.29 is 44.3 Å². The summed E-state index contributed by atoms with van der Waals surface area (Å²) in [7, 11) is 3.93. The fourth-order valence-electron chi connectivity index (χ4n) is 0.817. The molecule has 0 saturated heterocycles. The van der Waals surface area contributed by atoms with Gasteiger partial charge in [0.05, 0.1) is 0 Å². The van der Waals surface area contributed by atoms with Crippen LogP contribution in [0.2, 0.25) is 0 Å². The summed E-state index contributed by atoms with van der Waals surface area (Å²) in [5.41, 5.74) is 1.67. The van der Waals surface area contributed by atoms with Gasteiger partial charge in [0.2, 0.25) is 5.39 Å². The molecule has 0 bridgehead atoms. The van der Waals surface area contributed by atoms with Crippen LogP contribution >= 0.6 is 0 Å². The van der Waals surface area contributed by atoms with E-state index in [2.05, 4.69) is 4.98 Å². The van der Waals surface area contributed by atoms with Crippen molar-refractivity contribution in [1.82, 2.24) is 0 Å². The number of diazo groups is 1. The molecule has 73 valence electrons. The van der Waals surface area contributed by atoms with E-state index in [4.69, 9.17) is 5.39 Å². The van der Waals surface area contributed by atoms with Crippen LogP contribution in [-0.2, 0) is 19.5 Å². The predicted molar refractivity (Wildman–Crippen MR) is 45.5 cm³/mol. The summed E-state index contributed by atoms with van der Waals surface area (Å²) in [5, 5.41) is 8.38. The molecule has 0 aliphatic carbocycles. The Morgan fingerprint density at radius 3 is 1.79 bits per heavy atom. The topological polar surface area (TPSA) is 31.4 Å². The zero-order valence-corrected chi connectivity index (χ0v) is 12.6. The van der Waals surface area contributed by atoms with Gasteiger partial charge in [0.1, 0.15) is 0 Å². The Balaban J connectivity index is -0.000000403. The minimum Gasteiger partial charge on any atom is -1.00 e. The molecule has 1 rings (SSSR count). The maximum atomic E-state index is 8.38. The van der Waals surface area contributed by atoms with Crippen LogP contribution in [0.25, 0.3) is 4.98 Å². The van der Waals surface area contributed by atoms with E-state index in [9.17, 15) is 0 Å². The predicted octanol–water partition coefficient (Wildman–Crippen LogP) is -3.76. The van der Waals surface area contributed by atoms with Gasteiger partial charge < -0.3 is 29.7 Å². The minimum atomic E-state index is 0. The summed E-state index contributed by atoms with van der Waals surface area (Å²) in [6.45, 7) is 0. The van der Waals surface area contributed by atoms with Crippen LogP contribution < -0.4 is 29.7 Å². The van der Waals surface area contributed by atoms with Crippen LogP contribution in [0, 0.1) is 5.39 Å². The van der Waals surface area contributed by atoms with Gasteiger partial charge in [-0.1, -0.05) is 0 Å². The van der Waals surface area contributed by atoms with Gasteiger partial charge in [-0.2, -0.15) is 0 Å². The zero-order chi connectivity index (χ0) is 8.27. The van der Waals surface area contributed by atoms with Crippen LogP contribution in [0.3, 0.4) is 0 Å². The molecule has 0 atom stereocenters. The maximum Gasteiger partial charge on any atom is 1.00 e. The van der Waals surface area contributed by atoms with Gasteiger partial charge in [-0.25, -0.2) is 0 Å². The Kier molecular flexibility index (Phi) is 12.7. The zero-order valence-electron chi connectivity index (χ0n) is 8.11. The summed E-state index contributed by atoms with van der Waals surface area (Å²) < 4.78 is 0. The van der Waals surface area contributed by atoms with E-state index in [0.717, 1.165) is 5.69 Å². The van der Waals surface area contributed by atoms with E-state index in [1.807, 2.05) is 31.1 Å². The first-order valence-corrected chi connectivity index (χ1v) is 3.36. The number of benzene rings is 1. The fraction of sp³-hybridized carbons (Fsp3) is 0.250. The molecule has 3 nitrogen and oxygen atoms in total. The molecule has 0 saturated carbocycles. The van der Waals surface area contributed by atoms with Crippen molar-refractivity contribution >= 4 is 11.4 Å². The number of hydrogen-bond acceptors (Lipinski definition) is 2. The quantitative estimate of drug-likeness (QED) is 0.392. The maximum absolute atomic E-state index is 8.38. The number of anilines is 1. The van der Waals surface area contributed by atoms with Crippen LogP contribution in [0.4, 0.5) is 11.4 Å². The fourth-order valence-corrected chi connectivity index (χ4v) is 0.817. The normalized spacial score (nSPS) is 6.93. The van der Waals surface area contributed by atoms with Crippen molar-refractivity contribution in [3.05, 3.63) is 29.2 Å². The summed E-state index contributed by atoms with van der Waals surface area (Å²) >= 11 is 0. The van der Waals surface area contributed by atoms with Gasteiger partial charge in [0.15, 0.2) is 4.98 Å². The van der Waals surface area contributed by atoms with Gasteiger partial charge in [-0.15, -0.1) is 0 Å². The second-order valence-electron chi connectivity index (χ2n) is 2.51. The monoisotopic (exact) mass is 282 g/mol. The molecular formula is C8H10Cl2N3Zn. The van der Waals surface area contributed by atoms with Crippen molar-refractivity contribution in [3.8, 4) is 0 Å². The molecule has 0 amide bonds. The summed E-state index contributed by atoms with van der Waals surface area (Å²) in [5.74, 6) is 0. The molecule has 0 aromatic heterocycles. The molecule has 0 spiro atoms. The van der Waals surface area contributed by atoms with E-state index in [-0.39, 0.29) is 44.3 Å². The molecule has 0 unspecified atom stereocenters. The molecule has 6 heteroatoms. The van der Waals surface area contributed by atoms with Crippen molar-refractivity contribution in [2.45, 2.75) is 0 Å². The van der Waals surface area contributed by atoms with Crippen LogP contribution in [-0.4, -0.2) is 14.1 Å². The molecule has 1 radical (unpaired) electrons. The molecule has 1 aromatic rings. The molecule has 0 fully saturated rings. The third kappa shape index (κ3) is 5.39. The average molecular weight is 284 g/mol. The Labute approximate surface area is 109 Å². The Bertz CT molecular complexity index is 282. The van der Waals surface area contributed by atoms with Gasteiger partial charge in [-0.05, 0) is 12.1 Å². The number of hydrogen-bond donors (Lipinski definition) is 0. The van der Waals surface area contributed by atoms with Crippen LogP contribution in [0.5, 0.6) is 0 Å². The molecule has 1 aromatic carbocycles. The summed E-state index contributed by atoms with van der Waals surface area (Å²) in [6.07, 6.45) is 0. The standard InChI is InChI=1S/C8H10N3.2ClH.Zn/c1-11(2)8-5-3-7(10-9)4-6-8;;;/h3-6H,1-2H3;2*1H;/q+1;;;+1/p-2. The van der Waals surface area contributed by atoms with E-state index in [1.165, 1.54) is 0 Å². The average Bonchev–Trinajstić information content (AvgIpc) is 2.05. The van der Waals surface area contributed by atoms with E-state index in [1.54, 1.807) is 12.1 Å². The third-order valence-corrected chi connectivity index (χ3v) is 1.48. The summed E-state index contributed by atoms with van der Waals surface area (Å²) in [6, 6.07) is 7.31. The van der Waals surface area contributed by atoms with E-state index >= 15 is 0 Å². The molecule has 14 heavy (non-hydrogen) atoms. The van der Waals surface area contributed by atoms with Gasteiger partial charge in [0, 0.05) is 31.9 Å². The SMILES string of the molecule is CN(C)c1ccc([N+]#N)cc1.[Cl-].[Cl-].[Zn+]. The van der Waals surface area contributed by atoms with Gasteiger partial charge in [-0.3, -0.25) is 0 Å². The van der Waals surface area contributed by atoms with Gasteiger partial charge in [0.25, 0.3) is 0 Å². The first kappa shape index (κ1) is 19.3. The smallest absolute Gasteiger partial charge is 1.00 e. The molecular weight excluding hydrogens is 274 g/mol. The first-order chi connectivity index (χ1) is 5.24. The van der Waals surface area contributed by atoms with Crippen LogP contribution in [0.1, 0.15) is 0 Å². The Morgan fingerprint density at radius 2 is 1.50 bits per heavy atom. The van der Waals surface area contributed by atoms with Gasteiger partial charge >= 0.3 is 25.2 Å². The molecule has 0 aliphatic rings. The summed E-state index contributed by atoms with van der Waals surface area (Å²) in [4.78, 5) is 5.04. The second kappa shape index (κ2) is 9.21. The number of nitrogens with zero attached hydrogens (tertiary/aromatic N) is 3. The van der Waals surface area contributed by atoms with Crippen molar-refractivity contribution in [2.75, 3.05) is 19.0 Å². The molecule has 0 aliphatic heterocycles. The van der Waals surface area contributed by atoms with Crippen molar-refractivity contribution in [1.29, 1.82) is 5.39 Å². The van der Waals surface area contributed by atoms with Crippen molar-refractivity contribution in [3.63, 3.8) is 0 Å². The Morgan fingerprint density at radius 1 is 1.07 bits per heavy atom. The van der Waals surface area contributed by atoms with Crippen molar-refractivity contribution in [2.24, 2.45) is 0 Å². The van der Waals surface area contributed by atoms with E-state index < -0.39 is 0 Å². The third-order valence-electron chi connectivity index (χ3n) is 1.48. The second-order valence-corrected chi connectivity index (χ2v) is 2.51. The van der Waals surface area contributed by atoms with E-state index in [0.29, 0.717) is 5.69 Å². The minimum absolute atomic E-state index is 0. The molecule has 0 heterocycles. The number of rotatable bonds is 1.